The minimum atomic E-state index is 0.746. The molecule has 1 saturated carbocycles. The third-order valence-electron chi connectivity index (χ3n) is 3.32. The predicted octanol–water partition coefficient (Wildman–Crippen LogP) is 3.96. The van der Waals surface area contributed by atoms with E-state index in [2.05, 4.69) is 5.16 Å². The molecule has 0 radical (unpaired) electrons. The average molecular weight is 243 g/mol. The zero-order chi connectivity index (χ0) is 12.5. The Kier molecular flexibility index (Phi) is 2.82. The SMILES string of the molecule is CC=Cc1c(OCC2CC2)ccc2c(C)noc12. The maximum absolute atomic E-state index is 5.89. The zero-order valence-electron chi connectivity index (χ0n) is 10.8. The standard InChI is InChI=1S/C15H17NO2/c1-3-4-13-14(17-9-11-5-6-11)8-7-12-10(2)16-18-15(12)13/h3-4,7-8,11H,5-6,9H2,1-2H3. The molecule has 0 aliphatic heterocycles. The number of nitrogens with zero attached hydrogens (tertiary/aromatic N) is 1. The summed E-state index contributed by atoms with van der Waals surface area (Å²) in [7, 11) is 0. The first-order chi connectivity index (χ1) is 8.79. The highest BCUT2D eigenvalue weighted by Gasteiger charge is 2.23. The van der Waals surface area contributed by atoms with Crippen LogP contribution < -0.4 is 4.74 Å². The fourth-order valence-corrected chi connectivity index (χ4v) is 2.07. The molecule has 1 fully saturated rings. The summed E-state index contributed by atoms with van der Waals surface area (Å²) >= 11 is 0. The summed E-state index contributed by atoms with van der Waals surface area (Å²) in [4.78, 5) is 0. The Bertz CT molecular complexity index is 594. The fraction of sp³-hybridized carbons (Fsp3) is 0.400. The molecule has 18 heavy (non-hydrogen) atoms. The molecule has 2 aromatic rings. The Balaban J connectivity index is 2.02. The lowest BCUT2D eigenvalue weighted by Gasteiger charge is -2.08. The number of hydrogen-bond acceptors (Lipinski definition) is 3. The molecule has 0 amide bonds. The van der Waals surface area contributed by atoms with Gasteiger partial charge in [0.1, 0.15) is 5.75 Å². The molecule has 0 N–H and O–H groups in total. The largest absolute Gasteiger partial charge is 0.493 e. The van der Waals surface area contributed by atoms with Gasteiger partial charge < -0.3 is 9.26 Å². The Morgan fingerprint density at radius 2 is 2.28 bits per heavy atom. The van der Waals surface area contributed by atoms with Gasteiger partial charge in [-0.3, -0.25) is 0 Å². The number of ether oxygens (including phenoxy) is 1. The minimum Gasteiger partial charge on any atom is -0.493 e. The van der Waals surface area contributed by atoms with Crippen molar-refractivity contribution in [2.24, 2.45) is 5.92 Å². The topological polar surface area (TPSA) is 35.3 Å². The van der Waals surface area contributed by atoms with Crippen LogP contribution in [0.3, 0.4) is 0 Å². The summed E-state index contributed by atoms with van der Waals surface area (Å²) in [6.45, 7) is 4.76. The highest BCUT2D eigenvalue weighted by atomic mass is 16.5. The fourth-order valence-electron chi connectivity index (χ4n) is 2.07. The van der Waals surface area contributed by atoms with E-state index in [0.717, 1.165) is 40.5 Å². The monoisotopic (exact) mass is 243 g/mol. The number of hydrogen-bond donors (Lipinski definition) is 0. The molecule has 3 nitrogen and oxygen atoms in total. The summed E-state index contributed by atoms with van der Waals surface area (Å²) in [6.07, 6.45) is 6.61. The lowest BCUT2D eigenvalue weighted by atomic mass is 10.1. The van der Waals surface area contributed by atoms with Crippen molar-refractivity contribution in [1.29, 1.82) is 0 Å². The molecule has 0 atom stereocenters. The van der Waals surface area contributed by atoms with Crippen LogP contribution in [0.25, 0.3) is 17.0 Å². The summed E-state index contributed by atoms with van der Waals surface area (Å²) in [6, 6.07) is 4.04. The number of aryl methyl sites for hydroxylation is 1. The molecule has 3 heteroatoms. The highest BCUT2D eigenvalue weighted by molar-refractivity contribution is 5.89. The number of aromatic nitrogens is 1. The maximum Gasteiger partial charge on any atom is 0.178 e. The van der Waals surface area contributed by atoms with Crippen molar-refractivity contribution in [3.8, 4) is 5.75 Å². The second kappa shape index (κ2) is 4.48. The van der Waals surface area contributed by atoms with Gasteiger partial charge in [-0.2, -0.15) is 0 Å². The molecule has 0 spiro atoms. The van der Waals surface area contributed by atoms with Crippen LogP contribution in [0.2, 0.25) is 0 Å². The second-order valence-electron chi connectivity index (χ2n) is 4.88. The molecule has 1 heterocycles. The summed E-state index contributed by atoms with van der Waals surface area (Å²) in [5, 5.41) is 5.08. The van der Waals surface area contributed by atoms with Crippen LogP contribution in [0.5, 0.6) is 5.75 Å². The molecular formula is C15H17NO2. The van der Waals surface area contributed by atoms with Crippen molar-refractivity contribution >= 4 is 17.0 Å². The molecule has 0 bridgehead atoms. The molecule has 1 aliphatic rings. The van der Waals surface area contributed by atoms with Gasteiger partial charge in [0.25, 0.3) is 0 Å². The number of fused-ring (bicyclic) bond motifs is 1. The lowest BCUT2D eigenvalue weighted by molar-refractivity contribution is 0.299. The van der Waals surface area contributed by atoms with Gasteiger partial charge in [-0.1, -0.05) is 17.3 Å². The van der Waals surface area contributed by atoms with E-state index < -0.39 is 0 Å². The van der Waals surface area contributed by atoms with Crippen molar-refractivity contribution < 1.29 is 9.26 Å². The van der Waals surface area contributed by atoms with Crippen molar-refractivity contribution in [2.45, 2.75) is 26.7 Å². The van der Waals surface area contributed by atoms with Crippen LogP contribution in [0, 0.1) is 12.8 Å². The first-order valence-electron chi connectivity index (χ1n) is 6.44. The van der Waals surface area contributed by atoms with Crippen molar-refractivity contribution in [3.05, 3.63) is 29.5 Å². The van der Waals surface area contributed by atoms with E-state index in [0.29, 0.717) is 0 Å². The van der Waals surface area contributed by atoms with Crippen molar-refractivity contribution in [2.75, 3.05) is 6.61 Å². The molecule has 1 aromatic carbocycles. The van der Waals surface area contributed by atoms with E-state index >= 15 is 0 Å². The molecule has 1 aromatic heterocycles. The summed E-state index contributed by atoms with van der Waals surface area (Å²) < 4.78 is 11.3. The predicted molar refractivity (Wildman–Crippen MR) is 71.7 cm³/mol. The van der Waals surface area contributed by atoms with Crippen LogP contribution >= 0.6 is 0 Å². The van der Waals surface area contributed by atoms with E-state index in [9.17, 15) is 0 Å². The smallest absolute Gasteiger partial charge is 0.178 e. The first kappa shape index (κ1) is 11.3. The maximum atomic E-state index is 5.89. The second-order valence-corrected chi connectivity index (χ2v) is 4.88. The van der Waals surface area contributed by atoms with E-state index in [-0.39, 0.29) is 0 Å². The van der Waals surface area contributed by atoms with Gasteiger partial charge in [-0.05, 0) is 44.7 Å². The molecule has 94 valence electrons. The Labute approximate surface area is 106 Å². The van der Waals surface area contributed by atoms with E-state index in [1.165, 1.54) is 12.8 Å². The third-order valence-corrected chi connectivity index (χ3v) is 3.32. The van der Waals surface area contributed by atoms with Crippen LogP contribution in [0.15, 0.2) is 22.7 Å². The van der Waals surface area contributed by atoms with Gasteiger partial charge in [0.05, 0.1) is 17.9 Å². The average Bonchev–Trinajstić information content (AvgIpc) is 3.12. The van der Waals surface area contributed by atoms with Gasteiger partial charge in [0.15, 0.2) is 5.58 Å². The normalized spacial score (nSPS) is 15.7. The molecular weight excluding hydrogens is 226 g/mol. The molecule has 3 rings (SSSR count). The van der Waals surface area contributed by atoms with Crippen molar-refractivity contribution in [1.82, 2.24) is 5.16 Å². The highest BCUT2D eigenvalue weighted by Crippen LogP contribution is 2.34. The van der Waals surface area contributed by atoms with Crippen LogP contribution in [0.1, 0.15) is 31.0 Å². The van der Waals surface area contributed by atoms with Crippen LogP contribution in [-0.4, -0.2) is 11.8 Å². The summed E-state index contributed by atoms with van der Waals surface area (Å²) in [5.74, 6) is 1.64. The summed E-state index contributed by atoms with van der Waals surface area (Å²) in [5.41, 5.74) is 2.74. The quantitative estimate of drug-likeness (QED) is 0.815. The lowest BCUT2D eigenvalue weighted by Crippen LogP contribution is -2.00. The van der Waals surface area contributed by atoms with Crippen molar-refractivity contribution in [3.63, 3.8) is 0 Å². The van der Waals surface area contributed by atoms with E-state index in [1.54, 1.807) is 0 Å². The Morgan fingerprint density at radius 3 is 3.00 bits per heavy atom. The Morgan fingerprint density at radius 1 is 1.44 bits per heavy atom. The van der Waals surface area contributed by atoms with Gasteiger partial charge in [0.2, 0.25) is 0 Å². The minimum absolute atomic E-state index is 0.746. The Hall–Kier alpha value is -1.77. The van der Waals surface area contributed by atoms with Gasteiger partial charge in [0, 0.05) is 5.39 Å². The first-order valence-corrected chi connectivity index (χ1v) is 6.44. The van der Waals surface area contributed by atoms with Gasteiger partial charge >= 0.3 is 0 Å². The molecule has 0 unspecified atom stereocenters. The van der Waals surface area contributed by atoms with E-state index in [1.807, 2.05) is 38.1 Å². The van der Waals surface area contributed by atoms with E-state index in [4.69, 9.17) is 9.26 Å². The third kappa shape index (κ3) is 2.01. The number of allylic oxidation sites excluding steroid dienone is 1. The van der Waals surface area contributed by atoms with Crippen LogP contribution in [0.4, 0.5) is 0 Å². The number of benzene rings is 1. The van der Waals surface area contributed by atoms with Crippen LogP contribution in [-0.2, 0) is 0 Å². The molecule has 1 aliphatic carbocycles. The van der Waals surface area contributed by atoms with Gasteiger partial charge in [-0.15, -0.1) is 0 Å². The zero-order valence-corrected chi connectivity index (χ0v) is 10.8. The van der Waals surface area contributed by atoms with Gasteiger partial charge in [-0.25, -0.2) is 0 Å². The number of rotatable bonds is 4. The molecule has 0 saturated heterocycles.